The van der Waals surface area contributed by atoms with Crippen LogP contribution in [0.4, 0.5) is 5.69 Å². The highest BCUT2D eigenvalue weighted by atomic mass is 16.5. The summed E-state index contributed by atoms with van der Waals surface area (Å²) in [4.78, 5) is 0. The molecule has 74 valence electrons. The van der Waals surface area contributed by atoms with Crippen molar-refractivity contribution < 1.29 is 9.47 Å². The Morgan fingerprint density at radius 3 is 2.93 bits per heavy atom. The van der Waals surface area contributed by atoms with Crippen molar-refractivity contribution in [2.45, 2.75) is 12.8 Å². The third-order valence-corrected chi connectivity index (χ3v) is 2.80. The smallest absolute Gasteiger partial charge is 0.147 e. The molecule has 4 heteroatoms. The van der Waals surface area contributed by atoms with E-state index in [0.717, 1.165) is 48.8 Å². The van der Waals surface area contributed by atoms with Gasteiger partial charge in [-0.25, -0.2) is 0 Å². The van der Waals surface area contributed by atoms with Gasteiger partial charge in [-0.3, -0.25) is 5.84 Å². The molecule has 0 aliphatic carbocycles. The predicted molar refractivity (Wildman–Crippen MR) is 52.7 cm³/mol. The molecule has 2 heterocycles. The first-order valence-electron chi connectivity index (χ1n) is 4.81. The second kappa shape index (κ2) is 2.78. The topological polar surface area (TPSA) is 56.5 Å². The Kier molecular flexibility index (Phi) is 1.58. The molecule has 0 fully saturated rings. The zero-order valence-electron chi connectivity index (χ0n) is 7.80. The van der Waals surface area contributed by atoms with Crippen LogP contribution >= 0.6 is 0 Å². The van der Waals surface area contributed by atoms with Gasteiger partial charge in [0.1, 0.15) is 11.5 Å². The molecule has 0 bridgehead atoms. The summed E-state index contributed by atoms with van der Waals surface area (Å²) in [5, 5.41) is 0. The van der Waals surface area contributed by atoms with E-state index in [1.54, 1.807) is 0 Å². The molecule has 14 heavy (non-hydrogen) atoms. The lowest BCUT2D eigenvalue weighted by molar-refractivity contribution is 0.356. The van der Waals surface area contributed by atoms with Crippen LogP contribution in [0.15, 0.2) is 6.07 Å². The average Bonchev–Trinajstić information content (AvgIpc) is 2.80. The molecule has 0 saturated carbocycles. The Balaban J connectivity index is 2.24. The number of fused-ring (bicyclic) bond motifs is 2. The number of rotatable bonds is 1. The van der Waals surface area contributed by atoms with Gasteiger partial charge < -0.3 is 14.9 Å². The summed E-state index contributed by atoms with van der Waals surface area (Å²) in [6.07, 6.45) is 1.85. The van der Waals surface area contributed by atoms with Gasteiger partial charge in [-0.05, 0) is 6.07 Å². The van der Waals surface area contributed by atoms with Gasteiger partial charge in [0.2, 0.25) is 0 Å². The Morgan fingerprint density at radius 2 is 2.07 bits per heavy atom. The molecular formula is C10H12N2O2. The third-order valence-electron chi connectivity index (χ3n) is 2.80. The monoisotopic (exact) mass is 192 g/mol. The zero-order chi connectivity index (χ0) is 9.54. The molecule has 2 aliphatic heterocycles. The number of nitrogens with two attached hydrogens (primary N) is 1. The minimum atomic E-state index is 0.743. The quantitative estimate of drug-likeness (QED) is 0.511. The van der Waals surface area contributed by atoms with Gasteiger partial charge in [-0.2, -0.15) is 0 Å². The van der Waals surface area contributed by atoms with Gasteiger partial charge in [0.05, 0.1) is 18.9 Å². The van der Waals surface area contributed by atoms with E-state index in [4.69, 9.17) is 15.3 Å². The molecule has 0 saturated heterocycles. The van der Waals surface area contributed by atoms with E-state index in [1.807, 2.05) is 0 Å². The summed E-state index contributed by atoms with van der Waals surface area (Å²) >= 11 is 0. The summed E-state index contributed by atoms with van der Waals surface area (Å²) in [5.74, 6) is 7.38. The molecule has 1 aromatic rings. The molecule has 3 N–H and O–H groups in total. The number of nitrogen functional groups attached to an aromatic ring is 1. The maximum atomic E-state index is 5.55. The normalized spacial score (nSPS) is 16.9. The SMILES string of the molecule is NNc1c2c(cc3c1OCC3)OCC2. The Bertz CT molecular complexity index is 358. The molecule has 3 rings (SSSR count). The molecule has 0 unspecified atom stereocenters. The summed E-state index contributed by atoms with van der Waals surface area (Å²) in [7, 11) is 0. The first kappa shape index (κ1) is 7.94. The van der Waals surface area contributed by atoms with Crippen LogP contribution in [0.3, 0.4) is 0 Å². The van der Waals surface area contributed by atoms with Crippen LogP contribution < -0.4 is 20.7 Å². The van der Waals surface area contributed by atoms with Gasteiger partial charge >= 0.3 is 0 Å². The minimum absolute atomic E-state index is 0.743. The van der Waals surface area contributed by atoms with Gasteiger partial charge in [0.25, 0.3) is 0 Å². The van der Waals surface area contributed by atoms with E-state index in [9.17, 15) is 0 Å². The fourth-order valence-corrected chi connectivity index (χ4v) is 2.14. The van der Waals surface area contributed by atoms with Crippen molar-refractivity contribution in [3.8, 4) is 11.5 Å². The van der Waals surface area contributed by atoms with Crippen molar-refractivity contribution in [3.05, 3.63) is 17.2 Å². The molecule has 4 nitrogen and oxygen atoms in total. The molecule has 0 atom stereocenters. The van der Waals surface area contributed by atoms with E-state index in [1.165, 1.54) is 5.56 Å². The maximum absolute atomic E-state index is 5.55. The molecule has 1 aromatic carbocycles. The number of ether oxygens (including phenoxy) is 2. The molecule has 2 aliphatic rings. The van der Waals surface area contributed by atoms with Gasteiger partial charge in [-0.1, -0.05) is 0 Å². The third kappa shape index (κ3) is 0.915. The van der Waals surface area contributed by atoms with Gasteiger partial charge in [0.15, 0.2) is 0 Å². The number of hydrogen-bond acceptors (Lipinski definition) is 4. The summed E-state index contributed by atoms with van der Waals surface area (Å²) < 4.78 is 11.1. The van der Waals surface area contributed by atoms with Crippen molar-refractivity contribution in [1.29, 1.82) is 0 Å². The van der Waals surface area contributed by atoms with Crippen LogP contribution in [0.5, 0.6) is 11.5 Å². The van der Waals surface area contributed by atoms with Crippen molar-refractivity contribution >= 4 is 5.69 Å². The van der Waals surface area contributed by atoms with Crippen LogP contribution in [-0.2, 0) is 12.8 Å². The van der Waals surface area contributed by atoms with Crippen LogP contribution in [0.1, 0.15) is 11.1 Å². The van der Waals surface area contributed by atoms with Crippen molar-refractivity contribution in [3.63, 3.8) is 0 Å². The first-order valence-corrected chi connectivity index (χ1v) is 4.81. The molecule has 0 spiro atoms. The van der Waals surface area contributed by atoms with E-state index in [-0.39, 0.29) is 0 Å². The Hall–Kier alpha value is -1.42. The fraction of sp³-hybridized carbons (Fsp3) is 0.400. The van der Waals surface area contributed by atoms with E-state index in [2.05, 4.69) is 11.5 Å². The summed E-state index contributed by atoms with van der Waals surface area (Å²) in [6, 6.07) is 2.07. The number of anilines is 1. The Morgan fingerprint density at radius 1 is 1.21 bits per heavy atom. The van der Waals surface area contributed by atoms with Gasteiger partial charge in [0, 0.05) is 24.0 Å². The summed E-state index contributed by atoms with van der Waals surface area (Å²) in [6.45, 7) is 1.49. The Labute approximate surface area is 82.0 Å². The van der Waals surface area contributed by atoms with Crippen molar-refractivity contribution in [2.75, 3.05) is 18.6 Å². The lowest BCUT2D eigenvalue weighted by Gasteiger charge is -2.11. The van der Waals surface area contributed by atoms with E-state index < -0.39 is 0 Å². The predicted octanol–water partition coefficient (Wildman–Crippen LogP) is 0.842. The zero-order valence-corrected chi connectivity index (χ0v) is 7.80. The maximum Gasteiger partial charge on any atom is 0.147 e. The van der Waals surface area contributed by atoms with E-state index in [0.29, 0.717) is 0 Å². The van der Waals surface area contributed by atoms with Gasteiger partial charge in [-0.15, -0.1) is 0 Å². The number of nitrogens with one attached hydrogen (secondary N) is 1. The highest BCUT2D eigenvalue weighted by Crippen LogP contribution is 2.43. The molecule has 0 amide bonds. The largest absolute Gasteiger partial charge is 0.493 e. The molecule has 0 aromatic heterocycles. The second-order valence-electron chi connectivity index (χ2n) is 3.56. The fourth-order valence-electron chi connectivity index (χ4n) is 2.14. The number of hydrazine groups is 1. The highest BCUT2D eigenvalue weighted by Gasteiger charge is 2.25. The van der Waals surface area contributed by atoms with Crippen LogP contribution in [-0.4, -0.2) is 13.2 Å². The highest BCUT2D eigenvalue weighted by molar-refractivity contribution is 5.71. The first-order chi connectivity index (χ1) is 6.90. The van der Waals surface area contributed by atoms with Crippen LogP contribution in [0, 0.1) is 0 Å². The lowest BCUT2D eigenvalue weighted by Crippen LogP contribution is -2.10. The molecule has 0 radical (unpaired) electrons. The van der Waals surface area contributed by atoms with Crippen LogP contribution in [0.25, 0.3) is 0 Å². The molecular weight excluding hydrogens is 180 g/mol. The van der Waals surface area contributed by atoms with Crippen LogP contribution in [0.2, 0.25) is 0 Å². The lowest BCUT2D eigenvalue weighted by atomic mass is 10.0. The van der Waals surface area contributed by atoms with Crippen molar-refractivity contribution in [2.24, 2.45) is 5.84 Å². The second-order valence-corrected chi connectivity index (χ2v) is 3.56. The number of hydrogen-bond donors (Lipinski definition) is 2. The summed E-state index contributed by atoms with van der Waals surface area (Å²) in [5.41, 5.74) is 5.97. The van der Waals surface area contributed by atoms with E-state index >= 15 is 0 Å². The number of benzene rings is 1. The average molecular weight is 192 g/mol. The standard InChI is InChI=1S/C10H12N2O2/c11-12-9-7-2-4-13-8(7)5-6-1-3-14-10(6)9/h5,12H,1-4,11H2. The minimum Gasteiger partial charge on any atom is -0.493 e. The van der Waals surface area contributed by atoms with Crippen molar-refractivity contribution in [1.82, 2.24) is 0 Å².